The number of rotatable bonds is 2. The van der Waals surface area contributed by atoms with Crippen LogP contribution in [0.2, 0.25) is 0 Å². The molecule has 1 amide bonds. The minimum Gasteiger partial charge on any atom is -0.376 e. The van der Waals surface area contributed by atoms with Crippen LogP contribution in [0.15, 0.2) is 53.5 Å². The highest BCUT2D eigenvalue weighted by molar-refractivity contribution is 5.94. The largest absolute Gasteiger partial charge is 0.419 e. The van der Waals surface area contributed by atoms with Gasteiger partial charge in [-0.3, -0.25) is 5.32 Å². The van der Waals surface area contributed by atoms with Crippen molar-refractivity contribution in [3.8, 4) is 0 Å². The summed E-state index contributed by atoms with van der Waals surface area (Å²) in [5.41, 5.74) is 8.85. The van der Waals surface area contributed by atoms with Crippen LogP contribution >= 0.6 is 0 Å². The molecule has 2 rings (SSSR count). The van der Waals surface area contributed by atoms with E-state index < -0.39 is 6.09 Å². The van der Waals surface area contributed by atoms with Crippen molar-refractivity contribution in [1.82, 2.24) is 0 Å². The molecule has 5 nitrogen and oxygen atoms in total. The lowest BCUT2D eigenvalue weighted by Gasteiger charge is -2.08. The van der Waals surface area contributed by atoms with Crippen molar-refractivity contribution in [1.29, 1.82) is 0 Å². The monoisotopic (exact) mass is 283 g/mol. The molecule has 108 valence electrons. The Morgan fingerprint density at radius 3 is 2.33 bits per heavy atom. The third kappa shape index (κ3) is 4.07. The molecule has 5 heteroatoms. The lowest BCUT2D eigenvalue weighted by Crippen LogP contribution is -2.24. The fraction of sp³-hybridized carbons (Fsp3) is 0.125. The standard InChI is InChI=1S/C16H17N3O2/c1-11-7-3-5-9-13(11)18-15(17)21-16(20)19-14-10-6-4-8-12(14)2/h3-10H,1-2H3,(H2,17,18)(H,19,20). The molecule has 0 saturated carbocycles. The molecule has 2 aromatic carbocycles. The number of benzene rings is 2. The van der Waals surface area contributed by atoms with Gasteiger partial charge in [-0.2, -0.15) is 4.99 Å². The Balaban J connectivity index is 2.03. The van der Waals surface area contributed by atoms with Gasteiger partial charge in [0.1, 0.15) is 0 Å². The third-order valence-corrected chi connectivity index (χ3v) is 2.93. The molecule has 0 aliphatic rings. The van der Waals surface area contributed by atoms with E-state index in [0.717, 1.165) is 11.1 Å². The second-order valence-corrected chi connectivity index (χ2v) is 4.57. The van der Waals surface area contributed by atoms with Gasteiger partial charge in [0.25, 0.3) is 6.02 Å². The molecule has 3 N–H and O–H groups in total. The molecule has 0 aliphatic heterocycles. The number of carbonyl (C=O) groups is 1. The maximum atomic E-state index is 11.8. The van der Waals surface area contributed by atoms with Gasteiger partial charge in [-0.15, -0.1) is 0 Å². The molecule has 0 spiro atoms. The van der Waals surface area contributed by atoms with Crippen molar-refractivity contribution in [3.05, 3.63) is 59.7 Å². The van der Waals surface area contributed by atoms with Crippen LogP contribution in [0.3, 0.4) is 0 Å². The van der Waals surface area contributed by atoms with Crippen LogP contribution in [0.25, 0.3) is 0 Å². The van der Waals surface area contributed by atoms with Gasteiger partial charge >= 0.3 is 6.09 Å². The lowest BCUT2D eigenvalue weighted by atomic mass is 10.2. The molecule has 0 saturated heterocycles. The highest BCUT2D eigenvalue weighted by Crippen LogP contribution is 2.17. The van der Waals surface area contributed by atoms with Crippen LogP contribution in [-0.4, -0.2) is 12.1 Å². The number of para-hydroxylation sites is 2. The van der Waals surface area contributed by atoms with Crippen LogP contribution in [0, 0.1) is 13.8 Å². The number of nitrogens with two attached hydrogens (primary N) is 1. The maximum Gasteiger partial charge on any atom is 0.419 e. The SMILES string of the molecule is Cc1ccccc1N=C(N)OC(=O)Nc1ccccc1C. The number of hydrogen-bond acceptors (Lipinski definition) is 3. The number of hydrogen-bond donors (Lipinski definition) is 2. The van der Waals surface area contributed by atoms with Gasteiger partial charge in [0.05, 0.1) is 5.69 Å². The zero-order valence-electron chi connectivity index (χ0n) is 12.0. The molecule has 0 heterocycles. The molecular weight excluding hydrogens is 266 g/mol. The van der Waals surface area contributed by atoms with Crippen molar-refractivity contribution in [2.24, 2.45) is 10.7 Å². The van der Waals surface area contributed by atoms with Crippen LogP contribution < -0.4 is 11.1 Å². The summed E-state index contributed by atoms with van der Waals surface area (Å²) < 4.78 is 4.95. The zero-order valence-corrected chi connectivity index (χ0v) is 12.0. The molecule has 0 fully saturated rings. The minimum absolute atomic E-state index is 0.199. The normalized spacial score (nSPS) is 11.0. The number of carbonyl (C=O) groups excluding carboxylic acids is 1. The van der Waals surface area contributed by atoms with Gasteiger partial charge in [0.15, 0.2) is 0 Å². The van der Waals surface area contributed by atoms with E-state index in [2.05, 4.69) is 10.3 Å². The summed E-state index contributed by atoms with van der Waals surface area (Å²) in [6, 6.07) is 14.6. The smallest absolute Gasteiger partial charge is 0.376 e. The average molecular weight is 283 g/mol. The van der Waals surface area contributed by atoms with Gasteiger partial charge < -0.3 is 10.5 Å². The first-order valence-electron chi connectivity index (χ1n) is 6.50. The highest BCUT2D eigenvalue weighted by atomic mass is 16.6. The van der Waals surface area contributed by atoms with Crippen LogP contribution in [0.4, 0.5) is 16.2 Å². The fourth-order valence-corrected chi connectivity index (χ4v) is 1.77. The second kappa shape index (κ2) is 6.56. The minimum atomic E-state index is -0.667. The van der Waals surface area contributed by atoms with Crippen LogP contribution in [-0.2, 0) is 4.74 Å². The molecular formula is C16H17N3O2. The maximum absolute atomic E-state index is 11.8. The van der Waals surface area contributed by atoms with E-state index in [4.69, 9.17) is 10.5 Å². The molecule has 0 bridgehead atoms. The molecule has 0 radical (unpaired) electrons. The molecule has 2 aromatic rings. The summed E-state index contributed by atoms with van der Waals surface area (Å²) in [5, 5.41) is 2.62. The van der Waals surface area contributed by atoms with Gasteiger partial charge in [0, 0.05) is 5.69 Å². The van der Waals surface area contributed by atoms with E-state index in [0.29, 0.717) is 11.4 Å². The summed E-state index contributed by atoms with van der Waals surface area (Å²) in [5.74, 6) is 0. The van der Waals surface area contributed by atoms with Crippen LogP contribution in [0.1, 0.15) is 11.1 Å². The number of aliphatic imine (C=N–C) groups is 1. The average Bonchev–Trinajstić information content (AvgIpc) is 2.44. The Morgan fingerprint density at radius 1 is 1.05 bits per heavy atom. The molecule has 21 heavy (non-hydrogen) atoms. The van der Waals surface area contributed by atoms with Crippen LogP contribution in [0.5, 0.6) is 0 Å². The summed E-state index contributed by atoms with van der Waals surface area (Å²) in [7, 11) is 0. The topological polar surface area (TPSA) is 76.7 Å². The number of nitrogens with one attached hydrogen (secondary N) is 1. The zero-order chi connectivity index (χ0) is 15.2. The van der Waals surface area contributed by atoms with E-state index in [1.165, 1.54) is 0 Å². The van der Waals surface area contributed by atoms with Crippen molar-refractivity contribution in [3.63, 3.8) is 0 Å². The first-order chi connectivity index (χ1) is 10.1. The highest BCUT2D eigenvalue weighted by Gasteiger charge is 2.08. The molecule has 0 unspecified atom stereocenters. The lowest BCUT2D eigenvalue weighted by molar-refractivity contribution is 0.211. The van der Waals surface area contributed by atoms with Gasteiger partial charge in [-0.1, -0.05) is 36.4 Å². The Morgan fingerprint density at radius 2 is 1.67 bits per heavy atom. The summed E-state index contributed by atoms with van der Waals surface area (Å²) in [6.45, 7) is 3.79. The van der Waals surface area contributed by atoms with E-state index in [1.807, 2.05) is 50.2 Å². The Kier molecular flexibility index (Phi) is 4.56. The van der Waals surface area contributed by atoms with E-state index in [1.54, 1.807) is 12.1 Å². The van der Waals surface area contributed by atoms with Crippen molar-refractivity contribution in [2.45, 2.75) is 13.8 Å². The summed E-state index contributed by atoms with van der Waals surface area (Å²) in [4.78, 5) is 15.8. The first kappa shape index (κ1) is 14.6. The van der Waals surface area contributed by atoms with E-state index in [-0.39, 0.29) is 6.02 Å². The quantitative estimate of drug-likeness (QED) is 0.654. The summed E-state index contributed by atoms with van der Waals surface area (Å²) in [6.07, 6.45) is -0.667. The van der Waals surface area contributed by atoms with Gasteiger partial charge in [0.2, 0.25) is 0 Å². The number of amidine groups is 1. The number of ether oxygens (including phenoxy) is 1. The number of nitrogens with zero attached hydrogens (tertiary/aromatic N) is 1. The van der Waals surface area contributed by atoms with E-state index in [9.17, 15) is 4.79 Å². The van der Waals surface area contributed by atoms with Gasteiger partial charge in [-0.25, -0.2) is 4.79 Å². The fourth-order valence-electron chi connectivity index (χ4n) is 1.77. The number of anilines is 1. The molecule has 0 atom stereocenters. The van der Waals surface area contributed by atoms with E-state index >= 15 is 0 Å². The number of amides is 1. The predicted octanol–water partition coefficient (Wildman–Crippen LogP) is 3.50. The predicted molar refractivity (Wildman–Crippen MR) is 83.7 cm³/mol. The van der Waals surface area contributed by atoms with Crippen molar-refractivity contribution in [2.75, 3.05) is 5.32 Å². The number of aryl methyl sites for hydroxylation is 2. The summed E-state index contributed by atoms with van der Waals surface area (Å²) >= 11 is 0. The third-order valence-electron chi connectivity index (χ3n) is 2.93. The first-order valence-corrected chi connectivity index (χ1v) is 6.50. The van der Waals surface area contributed by atoms with Crippen molar-refractivity contribution >= 4 is 23.5 Å². The second-order valence-electron chi connectivity index (χ2n) is 4.57. The van der Waals surface area contributed by atoms with Crippen molar-refractivity contribution < 1.29 is 9.53 Å². The Labute approximate surface area is 123 Å². The molecule has 0 aliphatic carbocycles. The Hall–Kier alpha value is -2.82. The Bertz CT molecular complexity index is 681. The molecule has 0 aromatic heterocycles. The van der Waals surface area contributed by atoms with Gasteiger partial charge in [-0.05, 0) is 37.1 Å².